The molecule has 11 aromatic rings. The van der Waals surface area contributed by atoms with E-state index in [2.05, 4.69) is 227 Å². The normalized spacial score (nSPS) is 11.6. The minimum absolute atomic E-state index is 0.875. The van der Waals surface area contributed by atoms with Gasteiger partial charge in [-0.2, -0.15) is 0 Å². The van der Waals surface area contributed by atoms with Gasteiger partial charge in [-0.05, 0) is 120 Å². The molecule has 11 rings (SSSR count). The summed E-state index contributed by atoms with van der Waals surface area (Å²) >= 11 is 0. The Morgan fingerprint density at radius 2 is 0.804 bits per heavy atom. The Bertz CT molecular complexity index is 3200. The van der Waals surface area contributed by atoms with Crippen molar-refractivity contribution in [1.29, 1.82) is 0 Å². The topological polar surface area (TPSA) is 24.6 Å². The van der Waals surface area contributed by atoms with Gasteiger partial charge in [0.1, 0.15) is 11.2 Å². The van der Waals surface area contributed by atoms with Crippen molar-refractivity contribution in [3.63, 3.8) is 0 Å². The number of anilines is 6. The molecule has 0 aliphatic heterocycles. The summed E-state index contributed by atoms with van der Waals surface area (Å²) in [5, 5.41) is 7.00. The lowest BCUT2D eigenvalue weighted by Gasteiger charge is -2.29. The van der Waals surface area contributed by atoms with E-state index in [1.165, 1.54) is 32.6 Å². The molecule has 0 aliphatic rings. The van der Waals surface area contributed by atoms with Gasteiger partial charge in [-0.15, -0.1) is 0 Å². The number of aromatic nitrogens is 1. The third-order valence-corrected chi connectivity index (χ3v) is 10.9. The molecule has 0 saturated carbocycles. The number of furan rings is 1. The first-order chi connectivity index (χ1) is 27.8. The van der Waals surface area contributed by atoms with Crippen LogP contribution < -0.4 is 9.80 Å². The van der Waals surface area contributed by atoms with E-state index < -0.39 is 0 Å². The van der Waals surface area contributed by atoms with E-state index >= 15 is 0 Å². The number of para-hydroxylation sites is 4. The number of rotatable bonds is 7. The first-order valence-corrected chi connectivity index (χ1v) is 19.0. The molecular formula is C52H35N3O. The Balaban J connectivity index is 1.08. The van der Waals surface area contributed by atoms with E-state index in [0.29, 0.717) is 0 Å². The zero-order chi connectivity index (χ0) is 37.0. The molecular weight excluding hydrogens is 683 g/mol. The van der Waals surface area contributed by atoms with Crippen LogP contribution in [0.5, 0.6) is 0 Å². The summed E-state index contributed by atoms with van der Waals surface area (Å²) in [6, 6.07) is 75.7. The van der Waals surface area contributed by atoms with Gasteiger partial charge < -0.3 is 18.8 Å². The second-order valence-corrected chi connectivity index (χ2v) is 14.2. The number of benzene rings is 9. The van der Waals surface area contributed by atoms with E-state index in [1.807, 2.05) is 0 Å². The Hall–Kier alpha value is -7.56. The average Bonchev–Trinajstić information content (AvgIpc) is 3.79. The average molecular weight is 718 g/mol. The van der Waals surface area contributed by atoms with Gasteiger partial charge in [-0.25, -0.2) is 0 Å². The van der Waals surface area contributed by atoms with Crippen molar-refractivity contribution in [3.8, 4) is 5.69 Å². The van der Waals surface area contributed by atoms with E-state index in [4.69, 9.17) is 4.42 Å². The van der Waals surface area contributed by atoms with Crippen LogP contribution in [0.15, 0.2) is 217 Å². The largest absolute Gasteiger partial charge is 0.456 e. The van der Waals surface area contributed by atoms with Gasteiger partial charge in [0.25, 0.3) is 0 Å². The fourth-order valence-corrected chi connectivity index (χ4v) is 8.36. The van der Waals surface area contributed by atoms with Crippen molar-refractivity contribution in [2.24, 2.45) is 0 Å². The van der Waals surface area contributed by atoms with Gasteiger partial charge in [0, 0.05) is 61.4 Å². The molecule has 4 nitrogen and oxygen atoms in total. The summed E-state index contributed by atoms with van der Waals surface area (Å²) in [7, 11) is 0. The fraction of sp³-hybridized carbons (Fsp3) is 0. The predicted molar refractivity (Wildman–Crippen MR) is 235 cm³/mol. The quantitative estimate of drug-likeness (QED) is 0.164. The molecule has 56 heavy (non-hydrogen) atoms. The van der Waals surface area contributed by atoms with Crippen molar-refractivity contribution in [1.82, 2.24) is 4.57 Å². The highest BCUT2D eigenvalue weighted by Crippen LogP contribution is 2.44. The minimum atomic E-state index is 0.875. The highest BCUT2D eigenvalue weighted by atomic mass is 16.3. The number of hydrogen-bond acceptors (Lipinski definition) is 3. The van der Waals surface area contributed by atoms with Gasteiger partial charge in [0.2, 0.25) is 0 Å². The van der Waals surface area contributed by atoms with Crippen LogP contribution in [0.4, 0.5) is 34.1 Å². The lowest BCUT2D eigenvalue weighted by molar-refractivity contribution is 0.669. The molecule has 2 heterocycles. The van der Waals surface area contributed by atoms with Crippen LogP contribution >= 0.6 is 0 Å². The maximum atomic E-state index is 6.41. The molecule has 0 N–H and O–H groups in total. The first-order valence-electron chi connectivity index (χ1n) is 19.0. The maximum Gasteiger partial charge on any atom is 0.136 e. The van der Waals surface area contributed by atoms with E-state index in [9.17, 15) is 0 Å². The third-order valence-electron chi connectivity index (χ3n) is 10.9. The van der Waals surface area contributed by atoms with Crippen LogP contribution in [0, 0.1) is 0 Å². The summed E-state index contributed by atoms with van der Waals surface area (Å²) in [6.07, 6.45) is 0. The molecule has 0 unspecified atom stereocenters. The smallest absolute Gasteiger partial charge is 0.136 e. The van der Waals surface area contributed by atoms with Crippen molar-refractivity contribution in [3.05, 3.63) is 212 Å². The molecule has 0 saturated heterocycles. The highest BCUT2D eigenvalue weighted by Gasteiger charge is 2.20. The summed E-state index contributed by atoms with van der Waals surface area (Å²) in [5.41, 5.74) is 11.7. The molecule has 2 aromatic heterocycles. The van der Waals surface area contributed by atoms with Crippen molar-refractivity contribution in [2.45, 2.75) is 0 Å². The van der Waals surface area contributed by atoms with E-state index in [0.717, 1.165) is 61.8 Å². The molecule has 0 spiro atoms. The summed E-state index contributed by atoms with van der Waals surface area (Å²) < 4.78 is 8.78. The zero-order valence-electron chi connectivity index (χ0n) is 30.5. The van der Waals surface area contributed by atoms with Crippen molar-refractivity contribution in [2.75, 3.05) is 9.80 Å². The van der Waals surface area contributed by atoms with Gasteiger partial charge in [0.05, 0.1) is 11.0 Å². The van der Waals surface area contributed by atoms with Gasteiger partial charge in [-0.1, -0.05) is 103 Å². The first kappa shape index (κ1) is 31.9. The van der Waals surface area contributed by atoms with Crippen LogP contribution in [0.3, 0.4) is 0 Å². The lowest BCUT2D eigenvalue weighted by Crippen LogP contribution is -2.13. The molecule has 264 valence electrons. The Labute approximate surface area is 324 Å². The third kappa shape index (κ3) is 5.31. The van der Waals surface area contributed by atoms with Gasteiger partial charge in [-0.3, -0.25) is 0 Å². The van der Waals surface area contributed by atoms with Crippen LogP contribution in [0.1, 0.15) is 0 Å². The second-order valence-electron chi connectivity index (χ2n) is 14.2. The molecule has 0 radical (unpaired) electrons. The van der Waals surface area contributed by atoms with Crippen LogP contribution in [0.2, 0.25) is 0 Å². The number of fused-ring (bicyclic) bond motifs is 7. The summed E-state index contributed by atoms with van der Waals surface area (Å²) in [6.45, 7) is 0. The van der Waals surface area contributed by atoms with Gasteiger partial charge >= 0.3 is 0 Å². The van der Waals surface area contributed by atoms with Crippen LogP contribution in [-0.2, 0) is 0 Å². The Morgan fingerprint density at radius 3 is 1.50 bits per heavy atom. The highest BCUT2D eigenvalue weighted by molar-refractivity contribution is 6.12. The fourth-order valence-electron chi connectivity index (χ4n) is 8.36. The molecule has 0 bridgehead atoms. The zero-order valence-corrected chi connectivity index (χ0v) is 30.5. The molecule has 0 fully saturated rings. The molecule has 9 aromatic carbocycles. The molecule has 0 amide bonds. The van der Waals surface area contributed by atoms with E-state index in [-0.39, 0.29) is 0 Å². The molecule has 0 aliphatic carbocycles. The summed E-state index contributed by atoms with van der Waals surface area (Å²) in [5.74, 6) is 0. The lowest BCUT2D eigenvalue weighted by atomic mass is 10.1. The number of hydrogen-bond donors (Lipinski definition) is 0. The summed E-state index contributed by atoms with van der Waals surface area (Å²) in [4.78, 5) is 4.70. The van der Waals surface area contributed by atoms with Crippen molar-refractivity contribution >= 4 is 88.6 Å². The Morgan fingerprint density at radius 1 is 0.304 bits per heavy atom. The predicted octanol–water partition coefficient (Wildman–Crippen LogP) is 14.8. The standard InChI is InChI=1S/C52H35N3O/c1-4-17-38(18-5-1)53(43-27-29-50-46(34-43)45-25-12-13-26-49(45)55(50)40-21-8-3-9-22-40)41-23-14-24-42(33-41)54(39-19-6-2-7-20-39)44-28-30-51-48(35-44)47-31-36-15-10-11-16-37(36)32-52(47)56-51/h1-35H. The van der Waals surface area contributed by atoms with Crippen molar-refractivity contribution < 1.29 is 4.42 Å². The SMILES string of the molecule is c1ccc(N(c2cccc(N(c3ccccc3)c3ccc4c(c3)c3ccccc3n4-c3ccccc3)c2)c2ccc3oc4cc5ccccc5cc4c3c2)cc1. The Kier molecular flexibility index (Phi) is 7.46. The maximum absolute atomic E-state index is 6.41. The van der Waals surface area contributed by atoms with Crippen LogP contribution in [-0.4, -0.2) is 4.57 Å². The van der Waals surface area contributed by atoms with E-state index in [1.54, 1.807) is 0 Å². The molecule has 4 heteroatoms. The second kappa shape index (κ2) is 13.1. The molecule has 0 atom stereocenters. The minimum Gasteiger partial charge on any atom is -0.456 e. The number of nitrogens with zero attached hydrogens (tertiary/aromatic N) is 3. The monoisotopic (exact) mass is 717 g/mol. The van der Waals surface area contributed by atoms with Gasteiger partial charge in [0.15, 0.2) is 0 Å². The van der Waals surface area contributed by atoms with Crippen LogP contribution in [0.25, 0.3) is 60.2 Å².